The van der Waals surface area contributed by atoms with E-state index in [4.69, 9.17) is 0 Å². The van der Waals surface area contributed by atoms with Crippen LogP contribution in [-0.4, -0.2) is 5.66 Å². The molecule has 0 radical (unpaired) electrons. The van der Waals surface area contributed by atoms with Gasteiger partial charge < -0.3 is 0 Å². The lowest BCUT2D eigenvalue weighted by molar-refractivity contribution is -0.00000438. The molecule has 23 heavy (non-hydrogen) atoms. The molecule has 0 heterocycles. The van der Waals surface area contributed by atoms with Crippen molar-refractivity contribution in [3.8, 4) is 0 Å². The van der Waals surface area contributed by atoms with Crippen LogP contribution in [0.15, 0.2) is 91.0 Å². The van der Waals surface area contributed by atoms with Gasteiger partial charge in [-0.15, -0.1) is 0 Å². The standard InChI is InChI=1S/C21H22P.H2I/c1-18(2)22(19-12-6-3-7-13-19,20-14-8-4-9-15-20)21-16-10-5-11-17-21;/h3-18H,1-2H3;1H2/q2*+1. The first kappa shape index (κ1) is 18.2. The van der Waals surface area contributed by atoms with Gasteiger partial charge in [0.15, 0.2) is 0 Å². The average Bonchev–Trinajstić information content (AvgIpc) is 2.58. The Bertz CT molecular complexity index is 612. The Hall–Kier alpha value is -1.18. The largest absolute Gasteiger partial charge is 0.235 e. The second-order valence-electron chi connectivity index (χ2n) is 5.82. The Balaban J connectivity index is 0.00000192. The normalized spacial score (nSPS) is 11.1. The zero-order valence-corrected chi connectivity index (χ0v) is 17.1. The van der Waals surface area contributed by atoms with Crippen molar-refractivity contribution in [3.05, 3.63) is 91.0 Å². The quantitative estimate of drug-likeness (QED) is 0.422. The Morgan fingerprint density at radius 2 is 0.783 bits per heavy atom. The maximum Gasteiger partial charge on any atom is 0.235 e. The van der Waals surface area contributed by atoms with E-state index >= 15 is 0 Å². The second-order valence-corrected chi connectivity index (χ2v) is 9.85. The molecule has 0 spiro atoms. The van der Waals surface area contributed by atoms with Crippen LogP contribution in [-0.2, 0) is 0 Å². The van der Waals surface area contributed by atoms with Gasteiger partial charge in [0.25, 0.3) is 0 Å². The maximum absolute atomic E-state index is 2.36. The second kappa shape index (κ2) is 8.08. The lowest BCUT2D eigenvalue weighted by atomic mass is 10.3. The summed E-state index contributed by atoms with van der Waals surface area (Å²) in [6, 6.07) is 33.1. The molecule has 0 saturated carbocycles. The van der Waals surface area contributed by atoms with Crippen molar-refractivity contribution < 1.29 is 24.0 Å². The molecule has 118 valence electrons. The van der Waals surface area contributed by atoms with E-state index in [1.54, 1.807) is 0 Å². The van der Waals surface area contributed by atoms with Gasteiger partial charge in [-0.1, -0.05) is 54.6 Å². The topological polar surface area (TPSA) is 0 Å². The Morgan fingerprint density at radius 3 is 1.00 bits per heavy atom. The fraction of sp³-hybridized carbons (Fsp3) is 0.143. The van der Waals surface area contributed by atoms with Crippen molar-refractivity contribution in [3.63, 3.8) is 0 Å². The molecule has 0 N–H and O–H groups in total. The number of benzene rings is 3. The summed E-state index contributed by atoms with van der Waals surface area (Å²) in [6.45, 7) is 4.72. The maximum atomic E-state index is 2.36. The molecule has 2 heteroatoms. The third kappa shape index (κ3) is 3.36. The minimum Gasteiger partial charge on any atom is -0.0620 e. The molecule has 0 atom stereocenters. The molecule has 0 aromatic heterocycles. The Labute approximate surface area is 157 Å². The third-order valence-electron chi connectivity index (χ3n) is 4.26. The molecule has 0 fully saturated rings. The van der Waals surface area contributed by atoms with Crippen molar-refractivity contribution in [2.75, 3.05) is 0 Å². The van der Waals surface area contributed by atoms with Crippen molar-refractivity contribution in [2.45, 2.75) is 19.5 Å². The number of hydrogen-bond donors (Lipinski definition) is 0. The van der Waals surface area contributed by atoms with E-state index in [9.17, 15) is 0 Å². The summed E-state index contributed by atoms with van der Waals surface area (Å²) in [7, 11) is -1.63. The van der Waals surface area contributed by atoms with Crippen LogP contribution in [0.1, 0.15) is 13.8 Å². The fourth-order valence-corrected chi connectivity index (χ4v) is 7.94. The Morgan fingerprint density at radius 1 is 0.522 bits per heavy atom. The molecule has 0 amide bonds. The zero-order valence-electron chi connectivity index (χ0n) is 13.6. The van der Waals surface area contributed by atoms with E-state index in [1.165, 1.54) is 15.9 Å². The van der Waals surface area contributed by atoms with Crippen molar-refractivity contribution in [1.29, 1.82) is 0 Å². The first-order valence-corrected chi connectivity index (χ1v) is 9.67. The van der Waals surface area contributed by atoms with Crippen LogP contribution >= 0.6 is 7.26 Å². The summed E-state index contributed by atoms with van der Waals surface area (Å²) < 4.78 is 0. The van der Waals surface area contributed by atoms with Gasteiger partial charge in [0.2, 0.25) is 24.0 Å². The van der Waals surface area contributed by atoms with E-state index in [2.05, 4.69) is 105 Å². The van der Waals surface area contributed by atoms with E-state index in [1.807, 2.05) is 0 Å². The molecular weight excluding hydrogens is 410 g/mol. The monoisotopic (exact) mass is 434 g/mol. The smallest absolute Gasteiger partial charge is 0.0620 e. The summed E-state index contributed by atoms with van der Waals surface area (Å²) in [5.41, 5.74) is 0.555. The highest BCUT2D eigenvalue weighted by molar-refractivity contribution is 7.96. The van der Waals surface area contributed by atoms with Crippen LogP contribution in [0.25, 0.3) is 0 Å². The molecule has 0 nitrogen and oxygen atoms in total. The fourth-order valence-electron chi connectivity index (χ4n) is 3.33. The molecule has 0 aliphatic rings. The molecular formula is C21H24IP+2. The molecule has 3 aromatic carbocycles. The van der Waals surface area contributed by atoms with Gasteiger partial charge in [-0.2, -0.15) is 0 Å². The summed E-state index contributed by atoms with van der Waals surface area (Å²) in [4.78, 5) is 0. The minimum atomic E-state index is -1.63. The summed E-state index contributed by atoms with van der Waals surface area (Å²) in [6.07, 6.45) is 0. The predicted molar refractivity (Wildman–Crippen MR) is 103 cm³/mol. The molecule has 0 aliphatic heterocycles. The highest BCUT2D eigenvalue weighted by Gasteiger charge is 2.48. The van der Waals surface area contributed by atoms with E-state index < -0.39 is 7.26 Å². The molecule has 0 unspecified atom stereocenters. The van der Waals surface area contributed by atoms with Gasteiger partial charge in [0.1, 0.15) is 23.2 Å². The molecule has 3 aromatic rings. The van der Waals surface area contributed by atoms with Crippen LogP contribution in [0.5, 0.6) is 0 Å². The first-order valence-electron chi connectivity index (χ1n) is 7.82. The van der Waals surface area contributed by atoms with Crippen LogP contribution in [0, 0.1) is 0 Å². The SMILES string of the molecule is CC(C)[P+](c1ccccc1)(c1ccccc1)c1ccccc1.[IH2+]. The van der Waals surface area contributed by atoms with Gasteiger partial charge in [0, 0.05) is 0 Å². The van der Waals surface area contributed by atoms with Gasteiger partial charge in [-0.05, 0) is 50.2 Å². The highest BCUT2D eigenvalue weighted by atomic mass is 127. The van der Waals surface area contributed by atoms with Gasteiger partial charge in [-0.3, -0.25) is 0 Å². The lowest BCUT2D eigenvalue weighted by Gasteiger charge is -2.31. The van der Waals surface area contributed by atoms with E-state index in [0.717, 1.165) is 0 Å². The highest BCUT2D eigenvalue weighted by Crippen LogP contribution is 2.59. The summed E-state index contributed by atoms with van der Waals surface area (Å²) in [5, 5.41) is 4.38. The number of hydrogen-bond acceptors (Lipinski definition) is 0. The van der Waals surface area contributed by atoms with Crippen LogP contribution in [0.3, 0.4) is 0 Å². The molecule has 3 rings (SSSR count). The average molecular weight is 434 g/mol. The van der Waals surface area contributed by atoms with Gasteiger partial charge in [0.05, 0.1) is 5.66 Å². The van der Waals surface area contributed by atoms with Crippen LogP contribution in [0.2, 0.25) is 0 Å². The molecule has 0 aliphatic carbocycles. The predicted octanol–water partition coefficient (Wildman–Crippen LogP) is 0.857. The number of halogens is 1. The van der Waals surface area contributed by atoms with Crippen molar-refractivity contribution >= 4 is 23.2 Å². The molecule has 0 saturated heterocycles. The Kier molecular flexibility index (Phi) is 6.38. The lowest BCUT2D eigenvalue weighted by Crippen LogP contribution is -3.00. The summed E-state index contributed by atoms with van der Waals surface area (Å²) >= 11 is 0. The van der Waals surface area contributed by atoms with Crippen LogP contribution < -0.4 is 39.9 Å². The summed E-state index contributed by atoms with van der Waals surface area (Å²) in [5.74, 6) is 0. The zero-order chi connectivity index (χ0) is 15.4. The minimum absolute atomic E-state index is 0. The van der Waals surface area contributed by atoms with Crippen molar-refractivity contribution in [2.24, 2.45) is 0 Å². The molecule has 0 bridgehead atoms. The third-order valence-corrected chi connectivity index (χ3v) is 9.15. The number of rotatable bonds is 4. The van der Waals surface area contributed by atoms with E-state index in [-0.39, 0.29) is 24.0 Å². The van der Waals surface area contributed by atoms with Crippen LogP contribution in [0.4, 0.5) is 0 Å². The van der Waals surface area contributed by atoms with Crippen molar-refractivity contribution in [1.82, 2.24) is 0 Å². The van der Waals surface area contributed by atoms with E-state index in [0.29, 0.717) is 5.66 Å². The van der Waals surface area contributed by atoms with Gasteiger partial charge in [-0.25, -0.2) is 0 Å². The first-order chi connectivity index (χ1) is 10.8. The van der Waals surface area contributed by atoms with Gasteiger partial charge >= 0.3 is 0 Å².